The summed E-state index contributed by atoms with van der Waals surface area (Å²) in [5.41, 5.74) is 13.0. The number of hydrogen-bond donors (Lipinski definition) is 2. The van der Waals surface area contributed by atoms with Gasteiger partial charge in [0.1, 0.15) is 29.3 Å². The summed E-state index contributed by atoms with van der Waals surface area (Å²) in [6.45, 7) is 0. The van der Waals surface area contributed by atoms with Crippen LogP contribution in [0.3, 0.4) is 0 Å². The Morgan fingerprint density at radius 3 is 2.00 bits per heavy atom. The van der Waals surface area contributed by atoms with Crippen molar-refractivity contribution < 1.29 is 4.42 Å². The molecule has 0 aliphatic carbocycles. The minimum atomic E-state index is -0.202. The van der Waals surface area contributed by atoms with Crippen molar-refractivity contribution in [1.82, 2.24) is 15.2 Å². The van der Waals surface area contributed by atoms with Crippen LogP contribution in [-0.2, 0) is 0 Å². The average molecular weight is 721 g/mol. The highest BCUT2D eigenvalue weighted by molar-refractivity contribution is 6.11. The molecule has 5 heteroatoms. The number of amidine groups is 1. The number of nitrogens with one attached hydrogen (secondary N) is 2. The highest BCUT2D eigenvalue weighted by Crippen LogP contribution is 2.39. The Labute approximate surface area is 324 Å². The number of furan rings is 1. The van der Waals surface area contributed by atoms with Crippen LogP contribution < -0.4 is 10.6 Å². The molecule has 0 radical (unpaired) electrons. The van der Waals surface area contributed by atoms with Crippen LogP contribution in [0.1, 0.15) is 29.0 Å². The molecule has 2 N–H and O–H groups in total. The van der Waals surface area contributed by atoms with E-state index in [0.717, 1.165) is 83.4 Å². The van der Waals surface area contributed by atoms with Crippen LogP contribution in [0.25, 0.3) is 71.7 Å². The zero-order valence-electron chi connectivity index (χ0n) is 30.4. The first kappa shape index (κ1) is 32.2. The van der Waals surface area contributed by atoms with E-state index >= 15 is 0 Å². The summed E-state index contributed by atoms with van der Waals surface area (Å²) in [4.78, 5) is 5.24. The molecular weight excluding hydrogens is 685 g/mol. The SMILES string of the molecule is c1ccc(C2N=C(c3cccc(-n4c5ccccc5c5ccc(-c6cccc(-c7cccc8c7oc7ccccc78)c6)cc54)c3)NC(c3ccccc3)N2)cc1. The number of nitrogens with zero attached hydrogens (tertiary/aromatic N) is 2. The smallest absolute Gasteiger partial charge is 0.143 e. The molecule has 0 spiro atoms. The van der Waals surface area contributed by atoms with Gasteiger partial charge in [0.25, 0.3) is 0 Å². The molecule has 0 fully saturated rings. The van der Waals surface area contributed by atoms with Crippen LogP contribution in [0.2, 0.25) is 0 Å². The van der Waals surface area contributed by atoms with Crippen LogP contribution in [0.15, 0.2) is 204 Å². The quantitative estimate of drug-likeness (QED) is 0.180. The van der Waals surface area contributed by atoms with Gasteiger partial charge in [-0.1, -0.05) is 158 Å². The van der Waals surface area contributed by atoms with Crippen molar-refractivity contribution in [3.63, 3.8) is 0 Å². The summed E-state index contributed by atoms with van der Waals surface area (Å²) in [5.74, 6) is 0.853. The molecular formula is C51H36N4O. The van der Waals surface area contributed by atoms with Gasteiger partial charge in [0.05, 0.1) is 11.0 Å². The van der Waals surface area contributed by atoms with E-state index in [1.54, 1.807) is 0 Å². The lowest BCUT2D eigenvalue weighted by molar-refractivity contribution is 0.409. The molecule has 0 amide bonds. The predicted octanol–water partition coefficient (Wildman–Crippen LogP) is 12.4. The van der Waals surface area contributed by atoms with Gasteiger partial charge < -0.3 is 14.3 Å². The molecule has 10 aromatic rings. The molecule has 0 saturated heterocycles. The molecule has 2 unspecified atom stereocenters. The predicted molar refractivity (Wildman–Crippen MR) is 230 cm³/mol. The standard InChI is InChI=1S/C51H36N4O/c1-3-14-33(15-4-1)49-52-50(34-16-5-2-6-17-34)54-51(53-49)38-20-12-21-39(31-38)55-45-26-9-7-22-41(45)42-29-28-36(32-46(42)55)35-18-11-19-37(30-35)40-24-13-25-44-43-23-8-10-27-47(43)56-48(40)44/h1-32,49-50,52H,(H,53,54). The van der Waals surface area contributed by atoms with Crippen LogP contribution in [0.5, 0.6) is 0 Å². The molecule has 0 saturated carbocycles. The fourth-order valence-corrected chi connectivity index (χ4v) is 8.39. The molecule has 8 aromatic carbocycles. The number of fused-ring (bicyclic) bond motifs is 6. The van der Waals surface area contributed by atoms with Gasteiger partial charge >= 0.3 is 0 Å². The normalized spacial score (nSPS) is 15.7. The number of aliphatic imine (C=N–C) groups is 1. The molecule has 5 nitrogen and oxygen atoms in total. The minimum absolute atomic E-state index is 0.108. The lowest BCUT2D eigenvalue weighted by atomic mass is 9.97. The van der Waals surface area contributed by atoms with Crippen LogP contribution in [-0.4, -0.2) is 10.4 Å². The lowest BCUT2D eigenvalue weighted by Gasteiger charge is -2.32. The second-order valence-electron chi connectivity index (χ2n) is 14.4. The van der Waals surface area contributed by atoms with Gasteiger partial charge in [0.2, 0.25) is 0 Å². The van der Waals surface area contributed by atoms with Gasteiger partial charge in [-0.25, -0.2) is 4.99 Å². The van der Waals surface area contributed by atoms with E-state index < -0.39 is 0 Å². The van der Waals surface area contributed by atoms with Gasteiger partial charge in [-0.15, -0.1) is 0 Å². The van der Waals surface area contributed by atoms with Gasteiger partial charge in [0, 0.05) is 38.4 Å². The zero-order valence-corrected chi connectivity index (χ0v) is 30.4. The van der Waals surface area contributed by atoms with Crippen molar-refractivity contribution in [2.75, 3.05) is 0 Å². The summed E-state index contributed by atoms with van der Waals surface area (Å²) in [5, 5.41) is 12.1. The topological polar surface area (TPSA) is 54.5 Å². The summed E-state index contributed by atoms with van der Waals surface area (Å²) < 4.78 is 8.82. The Kier molecular flexibility index (Phi) is 7.64. The Bertz CT molecular complexity index is 3100. The van der Waals surface area contributed by atoms with E-state index in [9.17, 15) is 0 Å². The summed E-state index contributed by atoms with van der Waals surface area (Å²) in [7, 11) is 0. The average Bonchev–Trinajstić information content (AvgIpc) is 3.83. The largest absolute Gasteiger partial charge is 0.455 e. The molecule has 0 bridgehead atoms. The van der Waals surface area contributed by atoms with Gasteiger partial charge in [-0.05, 0) is 64.2 Å². The first-order valence-electron chi connectivity index (χ1n) is 19.1. The maximum Gasteiger partial charge on any atom is 0.143 e. The van der Waals surface area contributed by atoms with Crippen molar-refractivity contribution in [3.05, 3.63) is 211 Å². The fourth-order valence-electron chi connectivity index (χ4n) is 8.39. The Morgan fingerprint density at radius 1 is 0.464 bits per heavy atom. The lowest BCUT2D eigenvalue weighted by Crippen LogP contribution is -2.44. The van der Waals surface area contributed by atoms with E-state index in [4.69, 9.17) is 9.41 Å². The Hall–Kier alpha value is -7.21. The van der Waals surface area contributed by atoms with Crippen molar-refractivity contribution in [3.8, 4) is 27.9 Å². The van der Waals surface area contributed by atoms with E-state index in [0.29, 0.717) is 0 Å². The Morgan fingerprint density at radius 2 is 1.12 bits per heavy atom. The maximum atomic E-state index is 6.43. The molecule has 266 valence electrons. The minimum Gasteiger partial charge on any atom is -0.455 e. The zero-order chi connectivity index (χ0) is 37.0. The highest BCUT2D eigenvalue weighted by Gasteiger charge is 2.26. The molecule has 2 atom stereocenters. The van der Waals surface area contributed by atoms with Crippen molar-refractivity contribution in [2.24, 2.45) is 4.99 Å². The monoisotopic (exact) mass is 720 g/mol. The molecule has 56 heavy (non-hydrogen) atoms. The number of benzene rings is 8. The molecule has 1 aliphatic heterocycles. The number of para-hydroxylation sites is 3. The molecule has 2 aromatic heterocycles. The number of aromatic nitrogens is 1. The third-order valence-electron chi connectivity index (χ3n) is 11.1. The van der Waals surface area contributed by atoms with Crippen molar-refractivity contribution in [1.29, 1.82) is 0 Å². The second-order valence-corrected chi connectivity index (χ2v) is 14.4. The molecule has 1 aliphatic rings. The van der Waals surface area contributed by atoms with Gasteiger partial charge in [-0.3, -0.25) is 5.32 Å². The van der Waals surface area contributed by atoms with E-state index in [2.05, 4.69) is 191 Å². The summed E-state index contributed by atoms with van der Waals surface area (Å²) in [6, 6.07) is 68.7. The van der Waals surface area contributed by atoms with E-state index in [1.807, 2.05) is 18.2 Å². The fraction of sp³-hybridized carbons (Fsp3) is 0.0392. The third-order valence-corrected chi connectivity index (χ3v) is 11.1. The van der Waals surface area contributed by atoms with E-state index in [-0.39, 0.29) is 12.3 Å². The van der Waals surface area contributed by atoms with Crippen molar-refractivity contribution >= 4 is 49.6 Å². The number of rotatable bonds is 6. The van der Waals surface area contributed by atoms with Gasteiger partial charge in [0.15, 0.2) is 0 Å². The van der Waals surface area contributed by atoms with Crippen LogP contribution >= 0.6 is 0 Å². The summed E-state index contributed by atoms with van der Waals surface area (Å²) in [6.07, 6.45) is -0.311. The highest BCUT2D eigenvalue weighted by atomic mass is 16.3. The number of hydrogen-bond acceptors (Lipinski definition) is 4. The van der Waals surface area contributed by atoms with E-state index in [1.165, 1.54) is 10.8 Å². The molecule has 11 rings (SSSR count). The van der Waals surface area contributed by atoms with Gasteiger partial charge in [-0.2, -0.15) is 0 Å². The first-order valence-corrected chi connectivity index (χ1v) is 19.1. The van der Waals surface area contributed by atoms with Crippen LogP contribution in [0.4, 0.5) is 0 Å². The maximum absolute atomic E-state index is 6.43. The Balaban J connectivity index is 1.02. The second kappa shape index (κ2) is 13.3. The first-order chi connectivity index (χ1) is 27.7. The van der Waals surface area contributed by atoms with Crippen molar-refractivity contribution in [2.45, 2.75) is 12.3 Å². The molecule has 3 heterocycles. The third kappa shape index (κ3) is 5.48. The van der Waals surface area contributed by atoms with Crippen LogP contribution in [0, 0.1) is 0 Å². The summed E-state index contributed by atoms with van der Waals surface area (Å²) >= 11 is 0.